The third-order valence-electron chi connectivity index (χ3n) is 2.47. The number of unbranched alkanes of at least 4 members (excludes halogenated alkanes) is 3. The second kappa shape index (κ2) is 11.4. The van der Waals surface area contributed by atoms with E-state index < -0.39 is 5.97 Å². The standard InChI is InChI=1S/C9H19NO.C4H8O2/c1-3-4-5-6-7-8(2)9(10)11;1-3(2)4(5)6/h8H,3-7H2,1-2H3,(H2,10,11);3H,1-2H3,(H,5,6). The van der Waals surface area contributed by atoms with E-state index in [1.165, 1.54) is 19.3 Å². The first-order valence-corrected chi connectivity index (χ1v) is 6.35. The van der Waals surface area contributed by atoms with Gasteiger partial charge in [0.25, 0.3) is 0 Å². The lowest BCUT2D eigenvalue weighted by atomic mass is 10.0. The molecule has 1 atom stereocenters. The van der Waals surface area contributed by atoms with Crippen LogP contribution in [0.5, 0.6) is 0 Å². The van der Waals surface area contributed by atoms with Gasteiger partial charge in [-0.2, -0.15) is 0 Å². The van der Waals surface area contributed by atoms with Crippen molar-refractivity contribution in [2.75, 3.05) is 0 Å². The van der Waals surface area contributed by atoms with Crippen molar-refractivity contribution in [2.45, 2.75) is 59.8 Å². The van der Waals surface area contributed by atoms with Crippen molar-refractivity contribution >= 4 is 11.9 Å². The summed E-state index contributed by atoms with van der Waals surface area (Å²) in [6.45, 7) is 7.36. The Balaban J connectivity index is 0. The minimum atomic E-state index is -0.741. The summed E-state index contributed by atoms with van der Waals surface area (Å²) in [5, 5.41) is 7.99. The highest BCUT2D eigenvalue weighted by Gasteiger charge is 2.06. The fraction of sp³-hybridized carbons (Fsp3) is 0.846. The molecule has 0 spiro atoms. The number of hydrogen-bond acceptors (Lipinski definition) is 2. The van der Waals surface area contributed by atoms with Crippen molar-refractivity contribution in [1.82, 2.24) is 0 Å². The number of carbonyl (C=O) groups excluding carboxylic acids is 1. The molecule has 4 heteroatoms. The highest BCUT2D eigenvalue weighted by molar-refractivity contribution is 5.76. The Labute approximate surface area is 105 Å². The lowest BCUT2D eigenvalue weighted by Crippen LogP contribution is -2.20. The Hall–Kier alpha value is -1.06. The van der Waals surface area contributed by atoms with Gasteiger partial charge in [0.05, 0.1) is 5.92 Å². The van der Waals surface area contributed by atoms with Gasteiger partial charge in [-0.3, -0.25) is 9.59 Å². The molecule has 0 fully saturated rings. The quantitative estimate of drug-likeness (QED) is 0.677. The molecule has 0 radical (unpaired) electrons. The summed E-state index contributed by atoms with van der Waals surface area (Å²) >= 11 is 0. The summed E-state index contributed by atoms with van der Waals surface area (Å²) in [6, 6.07) is 0. The monoisotopic (exact) mass is 245 g/mol. The number of hydrogen-bond donors (Lipinski definition) is 2. The van der Waals surface area contributed by atoms with Crippen LogP contribution < -0.4 is 5.73 Å². The first-order valence-electron chi connectivity index (χ1n) is 6.35. The minimum absolute atomic E-state index is 0.0619. The van der Waals surface area contributed by atoms with E-state index >= 15 is 0 Å². The second-order valence-electron chi connectivity index (χ2n) is 4.65. The van der Waals surface area contributed by atoms with E-state index in [-0.39, 0.29) is 17.7 Å². The summed E-state index contributed by atoms with van der Waals surface area (Å²) in [7, 11) is 0. The van der Waals surface area contributed by atoms with Gasteiger partial charge in [-0.1, -0.05) is 53.4 Å². The van der Waals surface area contributed by atoms with Crippen LogP contribution in [0, 0.1) is 11.8 Å². The van der Waals surface area contributed by atoms with Crippen molar-refractivity contribution in [3.63, 3.8) is 0 Å². The van der Waals surface area contributed by atoms with Gasteiger partial charge in [-0.05, 0) is 6.42 Å². The van der Waals surface area contributed by atoms with Crippen LogP contribution in [0.4, 0.5) is 0 Å². The highest BCUT2D eigenvalue weighted by Crippen LogP contribution is 2.09. The predicted octanol–water partition coefficient (Wildman–Crippen LogP) is 2.81. The Morgan fingerprint density at radius 2 is 1.59 bits per heavy atom. The maximum Gasteiger partial charge on any atom is 0.305 e. The van der Waals surface area contributed by atoms with E-state index in [0.29, 0.717) is 0 Å². The molecule has 0 aliphatic rings. The van der Waals surface area contributed by atoms with Crippen LogP contribution in [-0.4, -0.2) is 17.0 Å². The van der Waals surface area contributed by atoms with Crippen molar-refractivity contribution < 1.29 is 14.7 Å². The minimum Gasteiger partial charge on any atom is -0.481 e. The maximum atomic E-state index is 10.6. The van der Waals surface area contributed by atoms with Crippen LogP contribution in [0.1, 0.15) is 59.8 Å². The molecular formula is C13H27NO3. The topological polar surface area (TPSA) is 80.4 Å². The van der Waals surface area contributed by atoms with E-state index in [2.05, 4.69) is 6.92 Å². The van der Waals surface area contributed by atoms with Crippen molar-refractivity contribution in [3.8, 4) is 0 Å². The largest absolute Gasteiger partial charge is 0.481 e. The first-order chi connectivity index (χ1) is 7.82. The fourth-order valence-electron chi connectivity index (χ4n) is 1.02. The van der Waals surface area contributed by atoms with E-state index in [1.54, 1.807) is 13.8 Å². The van der Waals surface area contributed by atoms with Gasteiger partial charge >= 0.3 is 5.97 Å². The summed E-state index contributed by atoms with van der Waals surface area (Å²) in [5.41, 5.74) is 5.11. The van der Waals surface area contributed by atoms with E-state index in [1.807, 2.05) is 6.92 Å². The molecule has 1 amide bonds. The van der Waals surface area contributed by atoms with Crippen molar-refractivity contribution in [1.29, 1.82) is 0 Å². The molecule has 0 bridgehead atoms. The molecule has 0 saturated carbocycles. The zero-order valence-corrected chi connectivity index (χ0v) is 11.5. The summed E-state index contributed by atoms with van der Waals surface area (Å²) in [6.07, 6.45) is 5.83. The fourth-order valence-corrected chi connectivity index (χ4v) is 1.02. The average molecular weight is 245 g/mol. The van der Waals surface area contributed by atoms with Crippen LogP contribution in [0.15, 0.2) is 0 Å². The van der Waals surface area contributed by atoms with E-state index in [9.17, 15) is 9.59 Å². The summed E-state index contributed by atoms with van der Waals surface area (Å²) < 4.78 is 0. The number of carboxylic acids is 1. The molecule has 0 aliphatic carbocycles. The maximum absolute atomic E-state index is 10.6. The predicted molar refractivity (Wildman–Crippen MR) is 69.6 cm³/mol. The van der Waals surface area contributed by atoms with Gasteiger partial charge in [-0.15, -0.1) is 0 Å². The van der Waals surface area contributed by atoms with Crippen molar-refractivity contribution in [2.24, 2.45) is 17.6 Å². The van der Waals surface area contributed by atoms with Gasteiger partial charge in [0.1, 0.15) is 0 Å². The molecular weight excluding hydrogens is 218 g/mol. The average Bonchev–Trinajstić information content (AvgIpc) is 2.24. The third-order valence-corrected chi connectivity index (χ3v) is 2.47. The summed E-state index contributed by atoms with van der Waals surface area (Å²) in [5.74, 6) is -1.08. The summed E-state index contributed by atoms with van der Waals surface area (Å²) in [4.78, 5) is 20.3. The Kier molecular flexibility index (Phi) is 12.3. The number of carbonyl (C=O) groups is 2. The SMILES string of the molecule is CC(C)C(=O)O.CCCCCCC(C)C(N)=O. The third kappa shape index (κ3) is 14.9. The molecule has 1 unspecified atom stereocenters. The highest BCUT2D eigenvalue weighted by atomic mass is 16.4. The van der Waals surface area contributed by atoms with Crippen LogP contribution in [0.25, 0.3) is 0 Å². The second-order valence-corrected chi connectivity index (χ2v) is 4.65. The number of primary amides is 1. The number of rotatable bonds is 7. The molecule has 0 aromatic carbocycles. The van der Waals surface area contributed by atoms with E-state index in [0.717, 1.165) is 12.8 Å². The molecule has 3 N–H and O–H groups in total. The zero-order valence-electron chi connectivity index (χ0n) is 11.5. The normalized spacial score (nSPS) is 11.6. The lowest BCUT2D eigenvalue weighted by Gasteiger charge is -2.05. The van der Waals surface area contributed by atoms with Gasteiger partial charge in [-0.25, -0.2) is 0 Å². The molecule has 102 valence electrons. The van der Waals surface area contributed by atoms with Crippen LogP contribution >= 0.6 is 0 Å². The molecule has 4 nitrogen and oxygen atoms in total. The zero-order chi connectivity index (χ0) is 13.8. The number of amides is 1. The molecule has 0 aliphatic heterocycles. The molecule has 0 rings (SSSR count). The lowest BCUT2D eigenvalue weighted by molar-refractivity contribution is -0.140. The smallest absolute Gasteiger partial charge is 0.305 e. The van der Waals surface area contributed by atoms with Crippen LogP contribution in [0.2, 0.25) is 0 Å². The van der Waals surface area contributed by atoms with Gasteiger partial charge in [0.15, 0.2) is 0 Å². The molecule has 17 heavy (non-hydrogen) atoms. The Morgan fingerprint density at radius 3 is 1.88 bits per heavy atom. The Morgan fingerprint density at radius 1 is 1.12 bits per heavy atom. The molecule has 0 saturated heterocycles. The molecule has 0 aromatic heterocycles. The van der Waals surface area contributed by atoms with Crippen LogP contribution in [-0.2, 0) is 9.59 Å². The number of nitrogens with two attached hydrogens (primary N) is 1. The van der Waals surface area contributed by atoms with Gasteiger partial charge < -0.3 is 10.8 Å². The van der Waals surface area contributed by atoms with Crippen LogP contribution in [0.3, 0.4) is 0 Å². The number of aliphatic carboxylic acids is 1. The van der Waals surface area contributed by atoms with Crippen molar-refractivity contribution in [3.05, 3.63) is 0 Å². The first kappa shape index (κ1) is 18.3. The molecule has 0 aromatic rings. The van der Waals surface area contributed by atoms with Gasteiger partial charge in [0.2, 0.25) is 5.91 Å². The Bertz CT molecular complexity index is 215. The number of carboxylic acid groups (broad SMARTS) is 1. The van der Waals surface area contributed by atoms with E-state index in [4.69, 9.17) is 10.8 Å². The molecule has 0 heterocycles. The van der Waals surface area contributed by atoms with Gasteiger partial charge in [0, 0.05) is 5.92 Å².